The maximum atomic E-state index is 12.4. The molecule has 3 rings (SSSR count). The summed E-state index contributed by atoms with van der Waals surface area (Å²) < 4.78 is 10.8. The minimum absolute atomic E-state index is 0.0223. The lowest BCUT2D eigenvalue weighted by molar-refractivity contribution is 0.0993. The third-order valence-electron chi connectivity index (χ3n) is 3.27. The third-order valence-corrected chi connectivity index (χ3v) is 4.46. The second kappa shape index (κ2) is 6.60. The molecule has 23 heavy (non-hydrogen) atoms. The van der Waals surface area contributed by atoms with Crippen molar-refractivity contribution in [3.63, 3.8) is 0 Å². The van der Waals surface area contributed by atoms with Crippen LogP contribution in [0.15, 0.2) is 50.7 Å². The molecular weight excluding hydrogens is 336 g/mol. The fourth-order valence-electron chi connectivity index (χ4n) is 2.03. The van der Waals surface area contributed by atoms with Crippen LogP contribution in [0.25, 0.3) is 11.5 Å². The van der Waals surface area contributed by atoms with Crippen LogP contribution in [-0.2, 0) is 0 Å². The number of hydrogen-bond acceptors (Lipinski definition) is 6. The number of halogens is 1. The van der Waals surface area contributed by atoms with Crippen molar-refractivity contribution >= 4 is 29.1 Å². The van der Waals surface area contributed by atoms with Gasteiger partial charge in [0.15, 0.2) is 5.78 Å². The summed E-state index contributed by atoms with van der Waals surface area (Å²) in [6.07, 6.45) is 1.56. The predicted molar refractivity (Wildman–Crippen MR) is 87.8 cm³/mol. The molecule has 2 heterocycles. The fraction of sp³-hybridized carbons (Fsp3) is 0.188. The predicted octanol–water partition coefficient (Wildman–Crippen LogP) is 4.65. The first-order valence-electron chi connectivity index (χ1n) is 6.89. The minimum Gasteiger partial charge on any atom is -0.469 e. The Kier molecular flexibility index (Phi) is 4.54. The average Bonchev–Trinajstić information content (AvgIpc) is 3.16. The quantitative estimate of drug-likeness (QED) is 0.493. The standard InChI is InChI=1S/C16H13ClN2O3S/c1-9-13(7-8-21-9)15-18-19-16(22-15)23-10(2)14(20)11-3-5-12(17)6-4-11/h3-8,10H,1-2H3/t10-/m1/s1. The van der Waals surface area contributed by atoms with Crippen LogP contribution in [0.4, 0.5) is 0 Å². The zero-order valence-corrected chi connectivity index (χ0v) is 14.0. The molecule has 0 aliphatic heterocycles. The first-order chi connectivity index (χ1) is 11.0. The highest BCUT2D eigenvalue weighted by Gasteiger charge is 2.20. The van der Waals surface area contributed by atoms with Gasteiger partial charge in [-0.1, -0.05) is 23.4 Å². The molecule has 118 valence electrons. The SMILES string of the molecule is Cc1occc1-c1nnc(S[C@H](C)C(=O)c2ccc(Cl)cc2)o1. The number of carbonyl (C=O) groups is 1. The molecule has 0 aliphatic rings. The number of carbonyl (C=O) groups excluding carboxylic acids is 1. The number of rotatable bonds is 5. The number of furan rings is 1. The summed E-state index contributed by atoms with van der Waals surface area (Å²) in [5.74, 6) is 1.06. The molecule has 1 atom stereocenters. The van der Waals surface area contributed by atoms with E-state index in [1.165, 1.54) is 11.8 Å². The maximum absolute atomic E-state index is 12.4. The number of thioether (sulfide) groups is 1. The molecule has 0 aliphatic carbocycles. The molecule has 0 spiro atoms. The highest BCUT2D eigenvalue weighted by molar-refractivity contribution is 8.00. The Morgan fingerprint density at radius 1 is 1.22 bits per heavy atom. The highest BCUT2D eigenvalue weighted by Crippen LogP contribution is 2.29. The van der Waals surface area contributed by atoms with E-state index in [9.17, 15) is 4.79 Å². The molecule has 5 nitrogen and oxygen atoms in total. The number of ketones is 1. The van der Waals surface area contributed by atoms with Crippen molar-refractivity contribution in [1.82, 2.24) is 10.2 Å². The largest absolute Gasteiger partial charge is 0.469 e. The maximum Gasteiger partial charge on any atom is 0.277 e. The van der Waals surface area contributed by atoms with E-state index >= 15 is 0 Å². The van der Waals surface area contributed by atoms with Crippen LogP contribution in [-0.4, -0.2) is 21.2 Å². The number of aryl methyl sites for hydroxylation is 1. The van der Waals surface area contributed by atoms with Gasteiger partial charge in [0.2, 0.25) is 0 Å². The van der Waals surface area contributed by atoms with Gasteiger partial charge in [0.25, 0.3) is 11.1 Å². The Labute approximate surface area is 142 Å². The van der Waals surface area contributed by atoms with Crippen molar-refractivity contribution in [3.05, 3.63) is 52.9 Å². The summed E-state index contributed by atoms with van der Waals surface area (Å²) in [5, 5.41) is 8.55. The Morgan fingerprint density at radius 3 is 2.61 bits per heavy atom. The summed E-state index contributed by atoms with van der Waals surface area (Å²) in [6, 6.07) is 8.56. The van der Waals surface area contributed by atoms with Crippen LogP contribution in [0.3, 0.4) is 0 Å². The molecule has 0 amide bonds. The second-order valence-electron chi connectivity index (χ2n) is 4.89. The Balaban J connectivity index is 1.72. The zero-order chi connectivity index (χ0) is 16.4. The molecular formula is C16H13ClN2O3S. The van der Waals surface area contributed by atoms with Crippen LogP contribution < -0.4 is 0 Å². The first-order valence-corrected chi connectivity index (χ1v) is 8.15. The fourth-order valence-corrected chi connectivity index (χ4v) is 2.91. The molecule has 0 radical (unpaired) electrons. The Hall–Kier alpha value is -2.05. The number of hydrogen-bond donors (Lipinski definition) is 0. The molecule has 3 aromatic rings. The lowest BCUT2D eigenvalue weighted by Gasteiger charge is -2.07. The van der Waals surface area contributed by atoms with E-state index in [2.05, 4.69) is 10.2 Å². The summed E-state index contributed by atoms with van der Waals surface area (Å²) in [7, 11) is 0. The van der Waals surface area contributed by atoms with Crippen LogP contribution >= 0.6 is 23.4 Å². The monoisotopic (exact) mass is 348 g/mol. The van der Waals surface area contributed by atoms with Gasteiger partial charge >= 0.3 is 0 Å². The smallest absolute Gasteiger partial charge is 0.277 e. The normalized spacial score (nSPS) is 12.3. The molecule has 0 unspecified atom stereocenters. The van der Waals surface area contributed by atoms with Gasteiger partial charge in [0, 0.05) is 10.6 Å². The molecule has 0 saturated heterocycles. The van der Waals surface area contributed by atoms with E-state index in [1.807, 2.05) is 6.92 Å². The van der Waals surface area contributed by atoms with E-state index in [0.29, 0.717) is 27.5 Å². The van der Waals surface area contributed by atoms with E-state index in [4.69, 9.17) is 20.4 Å². The van der Waals surface area contributed by atoms with Gasteiger partial charge < -0.3 is 8.83 Å². The van der Waals surface area contributed by atoms with Crippen molar-refractivity contribution in [3.8, 4) is 11.5 Å². The molecule has 0 bridgehead atoms. The topological polar surface area (TPSA) is 69.1 Å². The first kappa shape index (κ1) is 15.8. The molecule has 7 heteroatoms. The van der Waals surface area contributed by atoms with Crippen molar-refractivity contribution in [2.45, 2.75) is 24.3 Å². The van der Waals surface area contributed by atoms with E-state index in [0.717, 1.165) is 5.56 Å². The van der Waals surface area contributed by atoms with Crippen molar-refractivity contribution in [2.24, 2.45) is 0 Å². The van der Waals surface area contributed by atoms with Crippen LogP contribution in [0, 0.1) is 6.92 Å². The van der Waals surface area contributed by atoms with Gasteiger partial charge in [-0.2, -0.15) is 0 Å². The van der Waals surface area contributed by atoms with Gasteiger partial charge in [0.1, 0.15) is 5.76 Å². The molecule has 1 aromatic carbocycles. The van der Waals surface area contributed by atoms with Gasteiger partial charge in [0.05, 0.1) is 17.1 Å². The van der Waals surface area contributed by atoms with E-state index < -0.39 is 0 Å². The Morgan fingerprint density at radius 2 is 1.96 bits per heavy atom. The number of benzene rings is 1. The van der Waals surface area contributed by atoms with Gasteiger partial charge in [-0.15, -0.1) is 10.2 Å². The summed E-state index contributed by atoms with van der Waals surface area (Å²) >= 11 is 7.05. The third kappa shape index (κ3) is 3.48. The minimum atomic E-state index is -0.352. The van der Waals surface area contributed by atoms with Crippen molar-refractivity contribution in [1.29, 1.82) is 0 Å². The lowest BCUT2D eigenvalue weighted by atomic mass is 10.1. The molecule has 0 fully saturated rings. The molecule has 0 saturated carbocycles. The number of aromatic nitrogens is 2. The summed E-state index contributed by atoms with van der Waals surface area (Å²) in [4.78, 5) is 12.4. The summed E-state index contributed by atoms with van der Waals surface area (Å²) in [5.41, 5.74) is 1.35. The van der Waals surface area contributed by atoms with E-state index in [-0.39, 0.29) is 11.0 Å². The highest BCUT2D eigenvalue weighted by atomic mass is 35.5. The Bertz CT molecular complexity index is 826. The number of Topliss-reactive ketones (excluding diaryl/α,β-unsaturated/α-hetero) is 1. The molecule has 0 N–H and O–H groups in total. The van der Waals surface area contributed by atoms with Crippen LogP contribution in [0.1, 0.15) is 23.0 Å². The van der Waals surface area contributed by atoms with Gasteiger partial charge in [-0.25, -0.2) is 0 Å². The zero-order valence-electron chi connectivity index (χ0n) is 12.4. The second-order valence-corrected chi connectivity index (χ2v) is 6.62. The number of nitrogens with zero attached hydrogens (tertiary/aromatic N) is 2. The van der Waals surface area contributed by atoms with Crippen LogP contribution in [0.5, 0.6) is 0 Å². The van der Waals surface area contributed by atoms with Crippen LogP contribution in [0.2, 0.25) is 5.02 Å². The average molecular weight is 349 g/mol. The lowest BCUT2D eigenvalue weighted by Crippen LogP contribution is -2.13. The van der Waals surface area contributed by atoms with Gasteiger partial charge in [-0.3, -0.25) is 4.79 Å². The van der Waals surface area contributed by atoms with Gasteiger partial charge in [-0.05, 0) is 44.2 Å². The van der Waals surface area contributed by atoms with Crippen molar-refractivity contribution in [2.75, 3.05) is 0 Å². The van der Waals surface area contributed by atoms with Crippen molar-refractivity contribution < 1.29 is 13.6 Å². The summed E-state index contributed by atoms with van der Waals surface area (Å²) in [6.45, 7) is 3.62. The van der Waals surface area contributed by atoms with E-state index in [1.54, 1.807) is 43.5 Å². The molecule has 2 aromatic heterocycles.